The summed E-state index contributed by atoms with van der Waals surface area (Å²) >= 11 is 0. The highest BCUT2D eigenvalue weighted by molar-refractivity contribution is 5.56. The number of aliphatic hydroxyl groups excluding tert-OH is 1. The summed E-state index contributed by atoms with van der Waals surface area (Å²) in [6.07, 6.45) is 3.59. The largest absolute Gasteiger partial charge is 0.460 e. The molecule has 0 radical (unpaired) electrons. The van der Waals surface area contributed by atoms with E-state index in [-0.39, 0.29) is 12.0 Å². The van der Waals surface area contributed by atoms with Gasteiger partial charge in [0, 0.05) is 37.3 Å². The quantitative estimate of drug-likeness (QED) is 0.727. The van der Waals surface area contributed by atoms with E-state index in [1.807, 2.05) is 25.3 Å². The summed E-state index contributed by atoms with van der Waals surface area (Å²) in [6, 6.07) is 3.89. The zero-order valence-corrected chi connectivity index (χ0v) is 12.9. The van der Waals surface area contributed by atoms with E-state index in [2.05, 4.69) is 15.5 Å². The Labute approximate surface area is 129 Å². The van der Waals surface area contributed by atoms with Crippen LogP contribution in [-0.2, 0) is 11.3 Å². The Hall–Kier alpha value is -1.63. The minimum absolute atomic E-state index is 0.0555. The molecule has 3 heterocycles. The van der Waals surface area contributed by atoms with Gasteiger partial charge in [0.15, 0.2) is 5.76 Å². The number of H-pyrrole nitrogens is 1. The second-order valence-electron chi connectivity index (χ2n) is 6.06. The van der Waals surface area contributed by atoms with Gasteiger partial charge < -0.3 is 19.6 Å². The Bertz CT molecular complexity index is 599. The summed E-state index contributed by atoms with van der Waals surface area (Å²) in [6.45, 7) is 5.17. The van der Waals surface area contributed by atoms with Crippen molar-refractivity contribution >= 4 is 0 Å². The van der Waals surface area contributed by atoms with Crippen LogP contribution < -0.4 is 5.32 Å². The molecule has 1 fully saturated rings. The topological polar surface area (TPSA) is 83.3 Å². The second kappa shape index (κ2) is 6.64. The highest BCUT2D eigenvalue weighted by Gasteiger charge is 2.33. The number of aromatic nitrogens is 2. The normalized spacial score (nSPS) is 21.5. The molecule has 1 saturated heterocycles. The molecule has 0 amide bonds. The van der Waals surface area contributed by atoms with E-state index in [0.29, 0.717) is 6.54 Å². The standard InChI is InChI=1S/C16H23N3O3/c1-12-2-3-14(22-12)15-13(9-18-19-15)8-17-10-16(4-6-20)5-7-21-11-16/h2-3,9,17,20H,4-8,10-11H2,1H3,(H,18,19). The lowest BCUT2D eigenvalue weighted by atomic mass is 9.84. The Morgan fingerprint density at radius 3 is 3.05 bits per heavy atom. The van der Waals surface area contributed by atoms with Gasteiger partial charge in [-0.1, -0.05) is 0 Å². The van der Waals surface area contributed by atoms with Gasteiger partial charge >= 0.3 is 0 Å². The van der Waals surface area contributed by atoms with Crippen molar-refractivity contribution in [3.8, 4) is 11.5 Å². The van der Waals surface area contributed by atoms with Crippen LogP contribution in [0.15, 0.2) is 22.7 Å². The lowest BCUT2D eigenvalue weighted by molar-refractivity contribution is 0.124. The molecule has 0 aromatic carbocycles. The van der Waals surface area contributed by atoms with Crippen molar-refractivity contribution in [1.82, 2.24) is 15.5 Å². The molecule has 0 bridgehead atoms. The predicted molar refractivity (Wildman–Crippen MR) is 82.3 cm³/mol. The third kappa shape index (κ3) is 3.24. The maximum absolute atomic E-state index is 9.26. The molecular formula is C16H23N3O3. The number of aliphatic hydroxyl groups is 1. The van der Waals surface area contributed by atoms with Crippen molar-refractivity contribution in [2.75, 3.05) is 26.4 Å². The van der Waals surface area contributed by atoms with Gasteiger partial charge in [-0.05, 0) is 31.9 Å². The van der Waals surface area contributed by atoms with Crippen molar-refractivity contribution in [3.63, 3.8) is 0 Å². The van der Waals surface area contributed by atoms with Crippen LogP contribution >= 0.6 is 0 Å². The fourth-order valence-corrected chi connectivity index (χ4v) is 3.00. The predicted octanol–water partition coefficient (Wildman–Crippen LogP) is 1.86. The summed E-state index contributed by atoms with van der Waals surface area (Å²) in [4.78, 5) is 0. The number of furan rings is 1. The molecule has 0 saturated carbocycles. The van der Waals surface area contributed by atoms with E-state index in [0.717, 1.165) is 55.4 Å². The summed E-state index contributed by atoms with van der Waals surface area (Å²) in [5.74, 6) is 1.69. The molecule has 6 heteroatoms. The van der Waals surface area contributed by atoms with E-state index < -0.39 is 0 Å². The molecule has 2 aromatic rings. The van der Waals surface area contributed by atoms with Crippen molar-refractivity contribution in [2.45, 2.75) is 26.3 Å². The van der Waals surface area contributed by atoms with Crippen molar-refractivity contribution in [3.05, 3.63) is 29.7 Å². The Morgan fingerprint density at radius 1 is 1.45 bits per heavy atom. The minimum atomic E-state index is 0.0555. The first-order chi connectivity index (χ1) is 10.7. The summed E-state index contributed by atoms with van der Waals surface area (Å²) in [5, 5.41) is 19.9. The molecule has 3 N–H and O–H groups in total. The van der Waals surface area contributed by atoms with Crippen LogP contribution in [0.4, 0.5) is 0 Å². The van der Waals surface area contributed by atoms with Crippen LogP contribution in [-0.4, -0.2) is 41.7 Å². The van der Waals surface area contributed by atoms with Crippen LogP contribution in [0, 0.1) is 12.3 Å². The van der Waals surface area contributed by atoms with Crippen LogP contribution in [0.3, 0.4) is 0 Å². The number of aryl methyl sites for hydroxylation is 1. The number of nitrogens with one attached hydrogen (secondary N) is 2. The van der Waals surface area contributed by atoms with Crippen LogP contribution in [0.5, 0.6) is 0 Å². The van der Waals surface area contributed by atoms with E-state index in [4.69, 9.17) is 9.15 Å². The molecule has 0 spiro atoms. The smallest absolute Gasteiger partial charge is 0.152 e. The Balaban J connectivity index is 1.61. The first kappa shape index (κ1) is 15.3. The van der Waals surface area contributed by atoms with Gasteiger partial charge in [-0.15, -0.1) is 0 Å². The van der Waals surface area contributed by atoms with E-state index in [1.54, 1.807) is 0 Å². The maximum atomic E-state index is 9.26. The SMILES string of the molecule is Cc1ccc(-c2[nH]ncc2CNCC2(CCO)CCOC2)o1. The van der Waals surface area contributed by atoms with Crippen LogP contribution in [0.1, 0.15) is 24.2 Å². The zero-order valence-electron chi connectivity index (χ0n) is 12.9. The summed E-state index contributed by atoms with van der Waals surface area (Å²) in [7, 11) is 0. The fourth-order valence-electron chi connectivity index (χ4n) is 3.00. The molecule has 120 valence electrons. The maximum Gasteiger partial charge on any atom is 0.152 e. The Morgan fingerprint density at radius 2 is 2.36 bits per heavy atom. The molecule has 1 aliphatic heterocycles. The lowest BCUT2D eigenvalue weighted by Gasteiger charge is -2.26. The first-order valence-electron chi connectivity index (χ1n) is 7.71. The monoisotopic (exact) mass is 305 g/mol. The van der Waals surface area contributed by atoms with Crippen molar-refractivity contribution < 1.29 is 14.3 Å². The molecule has 1 unspecified atom stereocenters. The van der Waals surface area contributed by atoms with E-state index in [9.17, 15) is 5.11 Å². The average molecular weight is 305 g/mol. The van der Waals surface area contributed by atoms with E-state index in [1.165, 1.54) is 0 Å². The van der Waals surface area contributed by atoms with Gasteiger partial charge in [0.25, 0.3) is 0 Å². The molecule has 1 aliphatic rings. The van der Waals surface area contributed by atoms with Gasteiger partial charge in [0.2, 0.25) is 0 Å². The summed E-state index contributed by atoms with van der Waals surface area (Å²) in [5.41, 5.74) is 2.05. The number of hydrogen-bond acceptors (Lipinski definition) is 5. The number of nitrogens with zero attached hydrogens (tertiary/aromatic N) is 1. The van der Waals surface area contributed by atoms with Gasteiger partial charge in [-0.3, -0.25) is 5.10 Å². The third-order valence-corrected chi connectivity index (χ3v) is 4.35. The number of hydrogen-bond donors (Lipinski definition) is 3. The lowest BCUT2D eigenvalue weighted by Crippen LogP contribution is -2.35. The molecule has 22 heavy (non-hydrogen) atoms. The molecule has 6 nitrogen and oxygen atoms in total. The molecule has 2 aromatic heterocycles. The molecule has 1 atom stereocenters. The number of aromatic amines is 1. The van der Waals surface area contributed by atoms with Gasteiger partial charge in [-0.2, -0.15) is 5.10 Å². The molecule has 3 rings (SSSR count). The Kier molecular flexibility index (Phi) is 4.61. The molecule has 0 aliphatic carbocycles. The summed E-state index contributed by atoms with van der Waals surface area (Å²) < 4.78 is 11.2. The van der Waals surface area contributed by atoms with E-state index >= 15 is 0 Å². The van der Waals surface area contributed by atoms with Crippen LogP contribution in [0.2, 0.25) is 0 Å². The first-order valence-corrected chi connectivity index (χ1v) is 7.71. The van der Waals surface area contributed by atoms with Gasteiger partial charge in [-0.25, -0.2) is 0 Å². The fraction of sp³-hybridized carbons (Fsp3) is 0.562. The van der Waals surface area contributed by atoms with Crippen molar-refractivity contribution in [1.29, 1.82) is 0 Å². The third-order valence-electron chi connectivity index (χ3n) is 4.35. The highest BCUT2D eigenvalue weighted by Crippen LogP contribution is 2.31. The molecular weight excluding hydrogens is 282 g/mol. The van der Waals surface area contributed by atoms with Gasteiger partial charge in [0.05, 0.1) is 12.8 Å². The van der Waals surface area contributed by atoms with Crippen molar-refractivity contribution in [2.24, 2.45) is 5.41 Å². The number of ether oxygens (including phenoxy) is 1. The zero-order chi connectivity index (χ0) is 15.4. The van der Waals surface area contributed by atoms with Crippen LogP contribution in [0.25, 0.3) is 11.5 Å². The highest BCUT2D eigenvalue weighted by atomic mass is 16.5. The average Bonchev–Trinajstić information content (AvgIpc) is 3.21. The minimum Gasteiger partial charge on any atom is -0.460 e. The van der Waals surface area contributed by atoms with Gasteiger partial charge in [0.1, 0.15) is 11.5 Å². The second-order valence-corrected chi connectivity index (χ2v) is 6.06. The number of rotatable bonds is 7.